The largest absolute Gasteiger partial charge is 0.492 e. The number of aromatic nitrogens is 2. The van der Waals surface area contributed by atoms with Crippen LogP contribution in [-0.2, 0) is 16.1 Å². The molecule has 0 radical (unpaired) electrons. The number of thiophene rings is 1. The van der Waals surface area contributed by atoms with Gasteiger partial charge in [0.15, 0.2) is 0 Å². The van der Waals surface area contributed by atoms with E-state index in [2.05, 4.69) is 10.1 Å². The number of ether oxygens (including phenoxy) is 1. The predicted octanol–water partition coefficient (Wildman–Crippen LogP) is 2.69. The minimum absolute atomic E-state index is 0.0536. The van der Waals surface area contributed by atoms with Crippen LogP contribution >= 0.6 is 11.3 Å². The summed E-state index contributed by atoms with van der Waals surface area (Å²) in [6, 6.07) is 9.40. The van der Waals surface area contributed by atoms with Gasteiger partial charge in [0.25, 0.3) is 0 Å². The molecular formula is C18H14N4O5S. The lowest BCUT2D eigenvalue weighted by Gasteiger charge is -2.17. The summed E-state index contributed by atoms with van der Waals surface area (Å²) in [7, 11) is 0. The molecule has 0 bridgehead atoms. The zero-order valence-corrected chi connectivity index (χ0v) is 15.5. The third kappa shape index (κ3) is 3.03. The fourth-order valence-corrected chi connectivity index (χ4v) is 3.39. The lowest BCUT2D eigenvalue weighted by Crippen LogP contribution is -2.33. The molecule has 1 saturated heterocycles. The molecule has 9 nitrogen and oxygen atoms in total. The van der Waals surface area contributed by atoms with Gasteiger partial charge in [0, 0.05) is 0 Å². The van der Waals surface area contributed by atoms with E-state index in [1.807, 2.05) is 17.5 Å². The van der Waals surface area contributed by atoms with Gasteiger partial charge in [-0.1, -0.05) is 23.4 Å². The topological polar surface area (TPSA) is 106 Å². The second-order valence-electron chi connectivity index (χ2n) is 5.70. The first-order valence-electron chi connectivity index (χ1n) is 8.38. The summed E-state index contributed by atoms with van der Waals surface area (Å²) in [6.07, 6.45) is 0. The molecule has 0 saturated carbocycles. The van der Waals surface area contributed by atoms with Crippen LogP contribution in [0.4, 0.5) is 10.5 Å². The second kappa shape index (κ2) is 7.24. The summed E-state index contributed by atoms with van der Waals surface area (Å²) in [5.74, 6) is -1.19. The lowest BCUT2D eigenvalue weighted by atomic mass is 10.2. The number of rotatable bonds is 6. The Labute approximate surface area is 163 Å². The summed E-state index contributed by atoms with van der Waals surface area (Å²) < 4.78 is 10.6. The first-order valence-corrected chi connectivity index (χ1v) is 9.26. The molecule has 10 heteroatoms. The van der Waals surface area contributed by atoms with Crippen LogP contribution in [0.3, 0.4) is 0 Å². The van der Waals surface area contributed by atoms with Crippen LogP contribution in [0.1, 0.15) is 12.8 Å². The minimum Gasteiger partial charge on any atom is -0.492 e. The Morgan fingerprint density at radius 3 is 2.68 bits per heavy atom. The zero-order valence-electron chi connectivity index (χ0n) is 14.7. The van der Waals surface area contributed by atoms with Gasteiger partial charge in [-0.15, -0.1) is 11.3 Å². The van der Waals surface area contributed by atoms with Gasteiger partial charge in [-0.3, -0.25) is 9.59 Å². The van der Waals surface area contributed by atoms with E-state index in [4.69, 9.17) is 9.26 Å². The van der Waals surface area contributed by atoms with Crippen molar-refractivity contribution in [3.63, 3.8) is 0 Å². The quantitative estimate of drug-likeness (QED) is 0.464. The van der Waals surface area contributed by atoms with Gasteiger partial charge in [-0.2, -0.15) is 4.98 Å². The first kappa shape index (κ1) is 17.9. The molecule has 3 heterocycles. The lowest BCUT2D eigenvalue weighted by molar-refractivity contribution is -0.139. The number of nitrogens with zero attached hydrogens (tertiary/aromatic N) is 4. The maximum atomic E-state index is 12.8. The van der Waals surface area contributed by atoms with Crippen molar-refractivity contribution in [1.29, 1.82) is 0 Å². The van der Waals surface area contributed by atoms with Crippen molar-refractivity contribution in [3.8, 4) is 16.5 Å². The summed E-state index contributed by atoms with van der Waals surface area (Å²) >= 11 is 1.43. The molecule has 28 heavy (non-hydrogen) atoms. The van der Waals surface area contributed by atoms with E-state index >= 15 is 0 Å². The summed E-state index contributed by atoms with van der Waals surface area (Å²) in [6.45, 7) is 1.83. The molecule has 4 amide bonds. The highest BCUT2D eigenvalue weighted by Gasteiger charge is 2.47. The Hall–Kier alpha value is -3.53. The van der Waals surface area contributed by atoms with E-state index in [9.17, 15) is 14.4 Å². The molecule has 0 N–H and O–H groups in total. The number of benzene rings is 1. The van der Waals surface area contributed by atoms with Crippen molar-refractivity contribution < 1.29 is 23.6 Å². The molecule has 4 rings (SSSR count). The number of anilines is 1. The molecule has 1 aliphatic rings. The highest BCUT2D eigenvalue weighted by Crippen LogP contribution is 2.32. The number of carbonyl (C=O) groups is 3. The van der Waals surface area contributed by atoms with E-state index in [0.29, 0.717) is 18.2 Å². The standard InChI is InChI=1S/C18H14N4O5S/c1-2-26-12-7-4-3-6-11(12)22-17(24)16(23)21(18(22)25)10-14-19-15(20-27-14)13-8-5-9-28-13/h3-9H,2,10H2,1H3. The third-order valence-corrected chi connectivity index (χ3v) is 4.83. The smallest absolute Gasteiger partial charge is 0.339 e. The Morgan fingerprint density at radius 1 is 1.11 bits per heavy atom. The van der Waals surface area contributed by atoms with Gasteiger partial charge in [0.1, 0.15) is 12.3 Å². The van der Waals surface area contributed by atoms with Crippen LogP contribution in [0, 0.1) is 0 Å². The zero-order chi connectivity index (χ0) is 19.7. The van der Waals surface area contributed by atoms with Gasteiger partial charge in [-0.25, -0.2) is 14.6 Å². The average molecular weight is 398 g/mol. The fourth-order valence-electron chi connectivity index (χ4n) is 2.74. The van der Waals surface area contributed by atoms with Gasteiger partial charge in [-0.05, 0) is 30.5 Å². The van der Waals surface area contributed by atoms with E-state index in [1.54, 1.807) is 31.2 Å². The fraction of sp³-hybridized carbons (Fsp3) is 0.167. The Bertz CT molecular complexity index is 1050. The van der Waals surface area contributed by atoms with Crippen molar-refractivity contribution in [2.75, 3.05) is 11.5 Å². The second-order valence-corrected chi connectivity index (χ2v) is 6.65. The first-order chi connectivity index (χ1) is 13.6. The average Bonchev–Trinajstić information content (AvgIpc) is 3.42. The summed E-state index contributed by atoms with van der Waals surface area (Å²) in [5.41, 5.74) is 0.208. The maximum absolute atomic E-state index is 12.8. The Kier molecular flexibility index (Phi) is 4.62. The van der Waals surface area contributed by atoms with Gasteiger partial charge in [0.2, 0.25) is 11.7 Å². The Balaban J connectivity index is 1.59. The number of amides is 4. The van der Waals surface area contributed by atoms with Crippen LogP contribution in [0.15, 0.2) is 46.3 Å². The molecule has 142 valence electrons. The highest BCUT2D eigenvalue weighted by atomic mass is 32.1. The van der Waals surface area contributed by atoms with E-state index < -0.39 is 17.8 Å². The van der Waals surface area contributed by atoms with E-state index in [-0.39, 0.29) is 18.1 Å². The van der Waals surface area contributed by atoms with Crippen LogP contribution in [0.25, 0.3) is 10.7 Å². The normalized spacial score (nSPS) is 14.2. The molecular weight excluding hydrogens is 384 g/mol. The van der Waals surface area contributed by atoms with Crippen molar-refractivity contribution in [2.45, 2.75) is 13.5 Å². The molecule has 0 spiro atoms. The Morgan fingerprint density at radius 2 is 1.93 bits per heavy atom. The number of hydrogen-bond donors (Lipinski definition) is 0. The number of hydrogen-bond acceptors (Lipinski definition) is 8. The molecule has 1 aromatic carbocycles. The molecule has 1 fully saturated rings. The van der Waals surface area contributed by atoms with Crippen molar-refractivity contribution in [1.82, 2.24) is 15.0 Å². The van der Waals surface area contributed by atoms with Gasteiger partial charge >= 0.3 is 17.8 Å². The van der Waals surface area contributed by atoms with Gasteiger partial charge < -0.3 is 9.26 Å². The van der Waals surface area contributed by atoms with Crippen molar-refractivity contribution >= 4 is 34.9 Å². The van der Waals surface area contributed by atoms with Crippen LogP contribution < -0.4 is 9.64 Å². The number of para-hydroxylation sites is 2. The third-order valence-electron chi connectivity index (χ3n) is 3.96. The molecule has 1 aliphatic heterocycles. The van der Waals surface area contributed by atoms with Crippen LogP contribution in [0.2, 0.25) is 0 Å². The molecule has 0 atom stereocenters. The van der Waals surface area contributed by atoms with E-state index in [1.165, 1.54) is 11.3 Å². The molecule has 3 aromatic rings. The highest BCUT2D eigenvalue weighted by molar-refractivity contribution is 7.13. The van der Waals surface area contributed by atoms with Crippen molar-refractivity contribution in [2.24, 2.45) is 0 Å². The maximum Gasteiger partial charge on any atom is 0.339 e. The summed E-state index contributed by atoms with van der Waals surface area (Å²) in [5, 5.41) is 5.71. The summed E-state index contributed by atoms with van der Waals surface area (Å²) in [4.78, 5) is 44.2. The van der Waals surface area contributed by atoms with Crippen molar-refractivity contribution in [3.05, 3.63) is 47.7 Å². The number of imide groups is 2. The van der Waals surface area contributed by atoms with Crippen LogP contribution in [-0.4, -0.2) is 39.5 Å². The minimum atomic E-state index is -0.966. The van der Waals surface area contributed by atoms with Gasteiger partial charge in [0.05, 0.1) is 17.2 Å². The molecule has 2 aromatic heterocycles. The number of urea groups is 1. The van der Waals surface area contributed by atoms with E-state index in [0.717, 1.165) is 14.7 Å². The number of carbonyl (C=O) groups excluding carboxylic acids is 3. The predicted molar refractivity (Wildman–Crippen MR) is 98.7 cm³/mol. The SMILES string of the molecule is CCOc1ccccc1N1C(=O)C(=O)N(Cc2nc(-c3cccs3)no2)C1=O. The van der Waals surface area contributed by atoms with Crippen LogP contribution in [0.5, 0.6) is 5.75 Å². The molecule has 0 aliphatic carbocycles. The monoisotopic (exact) mass is 398 g/mol. The molecule has 0 unspecified atom stereocenters.